The van der Waals surface area contributed by atoms with Gasteiger partial charge in [-0.15, -0.1) is 0 Å². The zero-order chi connectivity index (χ0) is 13.8. The highest BCUT2D eigenvalue weighted by Crippen LogP contribution is 2.21. The normalized spacial score (nSPS) is 23.6. The second-order valence-electron chi connectivity index (χ2n) is 5.59. The summed E-state index contributed by atoms with van der Waals surface area (Å²) < 4.78 is 19.1. The zero-order valence-electron chi connectivity index (χ0n) is 12.1. The van der Waals surface area contributed by atoms with E-state index in [0.717, 1.165) is 36.1 Å². The van der Waals surface area contributed by atoms with E-state index < -0.39 is 0 Å². The largest absolute Gasteiger partial charge is 0.380 e. The summed E-state index contributed by atoms with van der Waals surface area (Å²) in [6.07, 6.45) is 5.13. The number of ether oxygens (including phenoxy) is 1. The van der Waals surface area contributed by atoms with Crippen molar-refractivity contribution in [3.8, 4) is 0 Å². The van der Waals surface area contributed by atoms with Crippen molar-refractivity contribution in [2.75, 3.05) is 7.11 Å². The van der Waals surface area contributed by atoms with Crippen LogP contribution in [0.15, 0.2) is 12.1 Å². The maximum atomic E-state index is 13.6. The Morgan fingerprint density at radius 2 is 1.84 bits per heavy atom. The molecule has 2 atom stereocenters. The molecule has 1 N–H and O–H groups in total. The quantitative estimate of drug-likeness (QED) is 0.899. The van der Waals surface area contributed by atoms with Gasteiger partial charge < -0.3 is 10.1 Å². The summed E-state index contributed by atoms with van der Waals surface area (Å²) in [6, 6.07) is 4.28. The van der Waals surface area contributed by atoms with Crippen molar-refractivity contribution in [2.45, 2.75) is 58.2 Å². The molecule has 1 fully saturated rings. The average molecular weight is 265 g/mol. The van der Waals surface area contributed by atoms with E-state index in [1.807, 2.05) is 26.0 Å². The minimum atomic E-state index is -0.0869. The number of rotatable bonds is 4. The lowest BCUT2D eigenvalue weighted by Crippen LogP contribution is -2.42. The van der Waals surface area contributed by atoms with Gasteiger partial charge in [-0.25, -0.2) is 4.39 Å². The molecule has 0 aromatic heterocycles. The Hall–Kier alpha value is -0.930. The summed E-state index contributed by atoms with van der Waals surface area (Å²) in [4.78, 5) is 0. The molecule has 0 bridgehead atoms. The van der Waals surface area contributed by atoms with Gasteiger partial charge in [-0.1, -0.05) is 25.0 Å². The lowest BCUT2D eigenvalue weighted by atomic mass is 9.92. The summed E-state index contributed by atoms with van der Waals surface area (Å²) in [6.45, 7) is 4.43. The SMILES string of the molecule is COC1CCCCC1NCc1cc(C)c(F)c(C)c1. The number of nitrogens with one attached hydrogen (secondary N) is 1. The van der Waals surface area contributed by atoms with E-state index in [1.54, 1.807) is 7.11 Å². The molecule has 0 heterocycles. The molecule has 1 aromatic rings. The van der Waals surface area contributed by atoms with Crippen LogP contribution in [0.5, 0.6) is 0 Å². The van der Waals surface area contributed by atoms with E-state index in [9.17, 15) is 4.39 Å². The molecule has 0 aliphatic heterocycles. The van der Waals surface area contributed by atoms with Crippen LogP contribution in [0.2, 0.25) is 0 Å². The van der Waals surface area contributed by atoms with Crippen LogP contribution in [0.4, 0.5) is 4.39 Å². The van der Waals surface area contributed by atoms with Crippen LogP contribution < -0.4 is 5.32 Å². The van der Waals surface area contributed by atoms with Gasteiger partial charge in [0.2, 0.25) is 0 Å². The summed E-state index contributed by atoms with van der Waals surface area (Å²) >= 11 is 0. The second-order valence-corrected chi connectivity index (χ2v) is 5.59. The van der Waals surface area contributed by atoms with E-state index in [0.29, 0.717) is 12.1 Å². The van der Waals surface area contributed by atoms with Crippen LogP contribution >= 0.6 is 0 Å². The molecule has 2 unspecified atom stereocenters. The third-order valence-electron chi connectivity index (χ3n) is 4.07. The summed E-state index contributed by atoms with van der Waals surface area (Å²) in [5.74, 6) is -0.0869. The second kappa shape index (κ2) is 6.49. The standard InChI is InChI=1S/C16H24FNO/c1-11-8-13(9-12(2)16(11)17)10-18-14-6-4-5-7-15(14)19-3/h8-9,14-15,18H,4-7,10H2,1-3H3. The fourth-order valence-electron chi connectivity index (χ4n) is 3.00. The van der Waals surface area contributed by atoms with Crippen LogP contribution in [-0.4, -0.2) is 19.3 Å². The van der Waals surface area contributed by atoms with Crippen molar-refractivity contribution < 1.29 is 9.13 Å². The maximum Gasteiger partial charge on any atom is 0.129 e. The van der Waals surface area contributed by atoms with E-state index in [4.69, 9.17) is 4.74 Å². The fourth-order valence-corrected chi connectivity index (χ4v) is 3.00. The van der Waals surface area contributed by atoms with Crippen LogP contribution in [-0.2, 0) is 11.3 Å². The summed E-state index contributed by atoms with van der Waals surface area (Å²) in [5, 5.41) is 3.57. The highest BCUT2D eigenvalue weighted by atomic mass is 19.1. The minimum Gasteiger partial charge on any atom is -0.380 e. The number of hydrogen-bond acceptors (Lipinski definition) is 2. The Bertz CT molecular complexity index is 410. The zero-order valence-corrected chi connectivity index (χ0v) is 12.1. The Morgan fingerprint density at radius 1 is 1.21 bits per heavy atom. The van der Waals surface area contributed by atoms with Gasteiger partial charge in [0.05, 0.1) is 6.10 Å². The van der Waals surface area contributed by atoms with Gasteiger partial charge in [-0.2, -0.15) is 0 Å². The van der Waals surface area contributed by atoms with Crippen molar-refractivity contribution in [2.24, 2.45) is 0 Å². The topological polar surface area (TPSA) is 21.3 Å². The van der Waals surface area contributed by atoms with Crippen molar-refractivity contribution in [1.29, 1.82) is 0 Å². The molecule has 1 saturated carbocycles. The van der Waals surface area contributed by atoms with E-state index in [1.165, 1.54) is 12.8 Å². The molecule has 2 rings (SSSR count). The number of methoxy groups -OCH3 is 1. The van der Waals surface area contributed by atoms with E-state index in [2.05, 4.69) is 5.32 Å². The van der Waals surface area contributed by atoms with E-state index in [-0.39, 0.29) is 5.82 Å². The molecule has 0 radical (unpaired) electrons. The van der Waals surface area contributed by atoms with Crippen LogP contribution in [0.25, 0.3) is 0 Å². The van der Waals surface area contributed by atoms with E-state index >= 15 is 0 Å². The van der Waals surface area contributed by atoms with Crippen LogP contribution in [0.1, 0.15) is 42.4 Å². The molecule has 0 spiro atoms. The first kappa shape index (κ1) is 14.5. The van der Waals surface area contributed by atoms with Gasteiger partial charge in [0.25, 0.3) is 0 Å². The third kappa shape index (κ3) is 3.54. The fraction of sp³-hybridized carbons (Fsp3) is 0.625. The van der Waals surface area contributed by atoms with Gasteiger partial charge in [-0.05, 0) is 43.4 Å². The lowest BCUT2D eigenvalue weighted by molar-refractivity contribution is 0.0413. The number of aryl methyl sites for hydroxylation is 2. The Kier molecular flexibility index (Phi) is 4.94. The first-order valence-electron chi connectivity index (χ1n) is 7.13. The molecule has 3 heteroatoms. The molecule has 1 aliphatic rings. The number of benzene rings is 1. The predicted octanol–water partition coefficient (Wildman–Crippen LogP) is 3.49. The predicted molar refractivity (Wildman–Crippen MR) is 75.8 cm³/mol. The monoisotopic (exact) mass is 265 g/mol. The highest BCUT2D eigenvalue weighted by molar-refractivity contribution is 5.30. The smallest absolute Gasteiger partial charge is 0.129 e. The molecule has 106 valence electrons. The Balaban J connectivity index is 1.98. The molecular formula is C16H24FNO. The maximum absolute atomic E-state index is 13.6. The first-order valence-corrected chi connectivity index (χ1v) is 7.13. The molecule has 2 nitrogen and oxygen atoms in total. The van der Waals surface area contributed by atoms with Crippen molar-refractivity contribution in [3.63, 3.8) is 0 Å². The van der Waals surface area contributed by atoms with Crippen LogP contribution in [0, 0.1) is 19.7 Å². The Morgan fingerprint density at radius 3 is 2.47 bits per heavy atom. The third-order valence-corrected chi connectivity index (χ3v) is 4.07. The minimum absolute atomic E-state index is 0.0869. The molecule has 1 aliphatic carbocycles. The lowest BCUT2D eigenvalue weighted by Gasteiger charge is -2.31. The summed E-state index contributed by atoms with van der Waals surface area (Å²) in [7, 11) is 1.79. The van der Waals surface area contributed by atoms with Crippen molar-refractivity contribution >= 4 is 0 Å². The molecule has 19 heavy (non-hydrogen) atoms. The van der Waals surface area contributed by atoms with Gasteiger partial charge in [0.15, 0.2) is 0 Å². The van der Waals surface area contributed by atoms with Gasteiger partial charge >= 0.3 is 0 Å². The van der Waals surface area contributed by atoms with Crippen molar-refractivity contribution in [3.05, 3.63) is 34.6 Å². The highest BCUT2D eigenvalue weighted by Gasteiger charge is 2.24. The van der Waals surface area contributed by atoms with Crippen molar-refractivity contribution in [1.82, 2.24) is 5.32 Å². The Labute approximate surface area is 115 Å². The van der Waals surface area contributed by atoms with Gasteiger partial charge in [0, 0.05) is 19.7 Å². The number of hydrogen-bond donors (Lipinski definition) is 1. The van der Waals surface area contributed by atoms with Crippen LogP contribution in [0.3, 0.4) is 0 Å². The molecule has 0 amide bonds. The average Bonchev–Trinajstić information content (AvgIpc) is 2.42. The number of halogens is 1. The van der Waals surface area contributed by atoms with Gasteiger partial charge in [-0.3, -0.25) is 0 Å². The molecule has 0 saturated heterocycles. The van der Waals surface area contributed by atoms with Gasteiger partial charge in [0.1, 0.15) is 5.82 Å². The molecule has 1 aromatic carbocycles. The first-order chi connectivity index (χ1) is 9.11. The summed E-state index contributed by atoms with van der Waals surface area (Å²) in [5.41, 5.74) is 2.60. The molecular weight excluding hydrogens is 241 g/mol.